The Hall–Kier alpha value is -2.70. The number of aryl methyl sites for hydroxylation is 1. The summed E-state index contributed by atoms with van der Waals surface area (Å²) in [4.78, 5) is 12.4. The molecule has 0 unspecified atom stereocenters. The van der Waals surface area contributed by atoms with Crippen molar-refractivity contribution in [3.05, 3.63) is 41.6 Å². The first-order valence-electron chi connectivity index (χ1n) is 8.44. The van der Waals surface area contributed by atoms with Crippen LogP contribution in [0.1, 0.15) is 41.3 Å². The molecule has 2 aromatic heterocycles. The molecule has 2 N–H and O–H groups in total. The number of carbonyl (C=O) groups is 1. The molecule has 1 amide bonds. The number of hydrogen-bond acceptors (Lipinski definition) is 4. The molecule has 0 atom stereocenters. The van der Waals surface area contributed by atoms with E-state index in [1.807, 2.05) is 12.1 Å². The summed E-state index contributed by atoms with van der Waals surface area (Å²) in [6.45, 7) is 1.53. The summed E-state index contributed by atoms with van der Waals surface area (Å²) in [5, 5.41) is 19.4. The molecule has 0 saturated carbocycles. The maximum atomic E-state index is 12.4. The van der Waals surface area contributed by atoms with Crippen molar-refractivity contribution < 1.29 is 4.79 Å². The minimum Gasteiger partial charge on any atom is -0.352 e. The van der Waals surface area contributed by atoms with E-state index in [4.69, 9.17) is 0 Å². The summed E-state index contributed by atoms with van der Waals surface area (Å²) in [6.07, 6.45) is 7.01. The first-order chi connectivity index (χ1) is 11.8. The van der Waals surface area contributed by atoms with Crippen LogP contribution in [0.3, 0.4) is 0 Å². The summed E-state index contributed by atoms with van der Waals surface area (Å²) in [5.74, 6) is 1.95. The van der Waals surface area contributed by atoms with Gasteiger partial charge in [-0.05, 0) is 18.9 Å². The van der Waals surface area contributed by atoms with Gasteiger partial charge < -0.3 is 9.88 Å². The second kappa shape index (κ2) is 6.43. The van der Waals surface area contributed by atoms with Gasteiger partial charge in [-0.15, -0.1) is 10.2 Å². The zero-order valence-corrected chi connectivity index (χ0v) is 13.5. The van der Waals surface area contributed by atoms with Crippen molar-refractivity contribution in [2.75, 3.05) is 6.54 Å². The molecule has 0 radical (unpaired) electrons. The van der Waals surface area contributed by atoms with Crippen molar-refractivity contribution >= 4 is 16.8 Å². The molecule has 4 rings (SSSR count). The fraction of sp³-hybridized carbons (Fsp3) is 0.412. The van der Waals surface area contributed by atoms with Gasteiger partial charge in [0.25, 0.3) is 5.91 Å². The first-order valence-corrected chi connectivity index (χ1v) is 8.44. The molecule has 1 aliphatic rings. The number of rotatable bonds is 4. The number of hydrogen-bond donors (Lipinski definition) is 2. The number of fused-ring (bicyclic) bond motifs is 2. The zero-order valence-electron chi connectivity index (χ0n) is 13.5. The van der Waals surface area contributed by atoms with E-state index in [9.17, 15) is 4.79 Å². The van der Waals surface area contributed by atoms with Crippen molar-refractivity contribution in [2.24, 2.45) is 0 Å². The normalized spacial score (nSPS) is 14.3. The molecule has 0 spiro atoms. The van der Waals surface area contributed by atoms with E-state index < -0.39 is 0 Å². The highest BCUT2D eigenvalue weighted by Gasteiger charge is 2.15. The van der Waals surface area contributed by atoms with E-state index in [0.717, 1.165) is 35.5 Å². The molecule has 0 fully saturated rings. The van der Waals surface area contributed by atoms with Gasteiger partial charge in [0.2, 0.25) is 0 Å². The Morgan fingerprint density at radius 3 is 3.17 bits per heavy atom. The second-order valence-corrected chi connectivity index (χ2v) is 6.14. The van der Waals surface area contributed by atoms with Crippen LogP contribution >= 0.6 is 0 Å². The van der Waals surface area contributed by atoms with Crippen LogP contribution in [0.2, 0.25) is 0 Å². The number of amides is 1. The quantitative estimate of drug-likeness (QED) is 0.766. The second-order valence-electron chi connectivity index (χ2n) is 6.14. The van der Waals surface area contributed by atoms with Gasteiger partial charge in [-0.2, -0.15) is 5.10 Å². The predicted octanol–water partition coefficient (Wildman–Crippen LogP) is 1.85. The zero-order chi connectivity index (χ0) is 16.4. The van der Waals surface area contributed by atoms with Crippen LogP contribution in [0.15, 0.2) is 24.4 Å². The molecule has 1 aromatic carbocycles. The predicted molar refractivity (Wildman–Crippen MR) is 89.7 cm³/mol. The highest BCUT2D eigenvalue weighted by atomic mass is 16.1. The number of benzene rings is 1. The van der Waals surface area contributed by atoms with Crippen LogP contribution in [0, 0.1) is 0 Å². The van der Waals surface area contributed by atoms with Gasteiger partial charge in [-0.3, -0.25) is 9.89 Å². The van der Waals surface area contributed by atoms with Crippen molar-refractivity contribution in [3.63, 3.8) is 0 Å². The van der Waals surface area contributed by atoms with Crippen molar-refractivity contribution in [1.29, 1.82) is 0 Å². The molecule has 124 valence electrons. The molecule has 7 heteroatoms. The Morgan fingerprint density at radius 1 is 1.25 bits per heavy atom. The van der Waals surface area contributed by atoms with E-state index in [0.29, 0.717) is 18.5 Å². The molecular formula is C17H20N6O. The average Bonchev–Trinajstić information content (AvgIpc) is 3.15. The van der Waals surface area contributed by atoms with Crippen LogP contribution in [-0.4, -0.2) is 37.4 Å². The molecule has 3 aromatic rings. The third-order valence-electron chi connectivity index (χ3n) is 4.54. The van der Waals surface area contributed by atoms with E-state index in [1.165, 1.54) is 19.3 Å². The molecule has 1 aliphatic heterocycles. The lowest BCUT2D eigenvalue weighted by molar-refractivity contribution is 0.0955. The summed E-state index contributed by atoms with van der Waals surface area (Å²) < 4.78 is 2.22. The van der Waals surface area contributed by atoms with Gasteiger partial charge >= 0.3 is 0 Å². The van der Waals surface area contributed by atoms with Crippen LogP contribution in [-0.2, 0) is 19.4 Å². The Kier molecular flexibility index (Phi) is 3.98. The van der Waals surface area contributed by atoms with Gasteiger partial charge in [0.1, 0.15) is 11.6 Å². The van der Waals surface area contributed by atoms with E-state index >= 15 is 0 Å². The topological polar surface area (TPSA) is 88.5 Å². The van der Waals surface area contributed by atoms with Crippen LogP contribution < -0.4 is 5.32 Å². The third-order valence-corrected chi connectivity index (χ3v) is 4.54. The number of carbonyl (C=O) groups excluding carboxylic acids is 1. The summed E-state index contributed by atoms with van der Waals surface area (Å²) in [7, 11) is 0. The molecule has 0 bridgehead atoms. The SMILES string of the molecule is O=C(NCCc1nnc2n1CCCCC2)c1cccc2cn[nH]c12. The molecule has 0 saturated heterocycles. The van der Waals surface area contributed by atoms with E-state index in [-0.39, 0.29) is 5.91 Å². The highest BCUT2D eigenvalue weighted by molar-refractivity contribution is 6.05. The van der Waals surface area contributed by atoms with Gasteiger partial charge in [-0.1, -0.05) is 18.6 Å². The standard InChI is InChI=1S/C17H20N6O/c24-17(13-6-4-5-12-11-19-22-16(12)13)18-9-8-15-21-20-14-7-2-1-3-10-23(14)15/h4-6,11H,1-3,7-10H2,(H,18,24)(H,19,22). The van der Waals surface area contributed by atoms with Gasteiger partial charge in [0.15, 0.2) is 0 Å². The Labute approximate surface area is 139 Å². The number of nitrogens with one attached hydrogen (secondary N) is 2. The summed E-state index contributed by atoms with van der Waals surface area (Å²) in [5.41, 5.74) is 1.39. The average molecular weight is 324 g/mol. The number of H-pyrrole nitrogens is 1. The minimum absolute atomic E-state index is 0.0968. The Morgan fingerprint density at radius 2 is 2.21 bits per heavy atom. The van der Waals surface area contributed by atoms with Gasteiger partial charge in [-0.25, -0.2) is 0 Å². The maximum absolute atomic E-state index is 12.4. The monoisotopic (exact) mass is 324 g/mol. The first kappa shape index (κ1) is 14.9. The molecule has 7 nitrogen and oxygen atoms in total. The number of para-hydroxylation sites is 1. The molecule has 3 heterocycles. The van der Waals surface area contributed by atoms with Crippen molar-refractivity contribution in [1.82, 2.24) is 30.3 Å². The van der Waals surface area contributed by atoms with Crippen LogP contribution in [0.5, 0.6) is 0 Å². The highest BCUT2D eigenvalue weighted by Crippen LogP contribution is 2.16. The largest absolute Gasteiger partial charge is 0.352 e. The molecule has 0 aliphatic carbocycles. The smallest absolute Gasteiger partial charge is 0.253 e. The maximum Gasteiger partial charge on any atom is 0.253 e. The fourth-order valence-electron chi connectivity index (χ4n) is 3.27. The summed E-state index contributed by atoms with van der Waals surface area (Å²) in [6, 6.07) is 5.60. The Bertz CT molecular complexity index is 865. The van der Waals surface area contributed by atoms with Gasteiger partial charge in [0.05, 0.1) is 17.3 Å². The van der Waals surface area contributed by atoms with Crippen molar-refractivity contribution in [3.8, 4) is 0 Å². The molecular weight excluding hydrogens is 304 g/mol. The Balaban J connectivity index is 1.42. The van der Waals surface area contributed by atoms with Crippen LogP contribution in [0.25, 0.3) is 10.9 Å². The third kappa shape index (κ3) is 2.77. The van der Waals surface area contributed by atoms with Gasteiger partial charge in [0, 0.05) is 31.3 Å². The minimum atomic E-state index is -0.0968. The number of nitrogens with zero attached hydrogens (tertiary/aromatic N) is 4. The number of aromatic nitrogens is 5. The summed E-state index contributed by atoms with van der Waals surface area (Å²) >= 11 is 0. The lowest BCUT2D eigenvalue weighted by atomic mass is 10.1. The molecule has 24 heavy (non-hydrogen) atoms. The van der Waals surface area contributed by atoms with Crippen molar-refractivity contribution in [2.45, 2.75) is 38.6 Å². The van der Waals surface area contributed by atoms with Crippen LogP contribution in [0.4, 0.5) is 0 Å². The van der Waals surface area contributed by atoms with E-state index in [2.05, 4.69) is 30.3 Å². The van der Waals surface area contributed by atoms with E-state index in [1.54, 1.807) is 12.3 Å². The lowest BCUT2D eigenvalue weighted by Crippen LogP contribution is -2.26. The fourth-order valence-corrected chi connectivity index (χ4v) is 3.27. The lowest BCUT2D eigenvalue weighted by Gasteiger charge is -2.08. The number of aromatic amines is 1.